The number of nitrogens with zero attached hydrogens (tertiary/aromatic N) is 1. The minimum Gasteiger partial charge on any atom is -0.448 e. The van der Waals surface area contributed by atoms with E-state index in [0.29, 0.717) is 11.4 Å². The van der Waals surface area contributed by atoms with Crippen molar-refractivity contribution in [3.63, 3.8) is 0 Å². The van der Waals surface area contributed by atoms with Crippen LogP contribution < -0.4 is 10.5 Å². The van der Waals surface area contributed by atoms with Gasteiger partial charge in [0, 0.05) is 6.07 Å². The average molecular weight is 258 g/mol. The molecule has 5 heteroatoms. The first-order chi connectivity index (χ1) is 8.97. The van der Waals surface area contributed by atoms with Crippen molar-refractivity contribution in [3.8, 4) is 11.5 Å². The van der Waals surface area contributed by atoms with Crippen molar-refractivity contribution in [2.24, 2.45) is 0 Å². The third-order valence-electron chi connectivity index (χ3n) is 2.70. The Bertz CT molecular complexity index is 639. The van der Waals surface area contributed by atoms with E-state index in [1.807, 2.05) is 19.9 Å². The number of nitrogen functional groups attached to an aromatic ring is 1. The zero-order valence-electron chi connectivity index (χ0n) is 10.7. The minimum absolute atomic E-state index is 0.0782. The molecule has 0 aliphatic heterocycles. The fraction of sp³-hybridized carbons (Fsp3) is 0.143. The molecule has 0 saturated carbocycles. The van der Waals surface area contributed by atoms with Crippen LogP contribution in [0.1, 0.15) is 11.1 Å². The molecule has 0 spiro atoms. The first-order valence-electron chi connectivity index (χ1n) is 5.76. The second kappa shape index (κ2) is 4.97. The van der Waals surface area contributed by atoms with E-state index in [4.69, 9.17) is 10.5 Å². The lowest BCUT2D eigenvalue weighted by atomic mass is 10.2. The summed E-state index contributed by atoms with van der Waals surface area (Å²) in [5, 5.41) is 11.0. The van der Waals surface area contributed by atoms with Gasteiger partial charge in [-0.05, 0) is 43.2 Å². The van der Waals surface area contributed by atoms with Crippen LogP contribution in [0.15, 0.2) is 36.4 Å². The van der Waals surface area contributed by atoms with Gasteiger partial charge in [0.05, 0.1) is 10.6 Å². The van der Waals surface area contributed by atoms with Gasteiger partial charge < -0.3 is 10.5 Å². The van der Waals surface area contributed by atoms with Crippen LogP contribution in [0.4, 0.5) is 11.4 Å². The number of hydrogen-bond donors (Lipinski definition) is 1. The van der Waals surface area contributed by atoms with E-state index in [2.05, 4.69) is 0 Å². The standard InChI is InChI=1S/C14H14N2O3/c1-9-4-6-13(11(15)7-9)19-14-8-10(2)3-5-12(14)16(17)18/h3-8H,15H2,1-2H3. The normalized spacial score (nSPS) is 10.2. The average Bonchev–Trinajstić information content (AvgIpc) is 2.32. The summed E-state index contributed by atoms with van der Waals surface area (Å²) in [5.41, 5.74) is 8.10. The third-order valence-corrected chi connectivity index (χ3v) is 2.70. The molecule has 0 radical (unpaired) electrons. The van der Waals surface area contributed by atoms with Gasteiger partial charge in [-0.25, -0.2) is 0 Å². The number of rotatable bonds is 3. The zero-order chi connectivity index (χ0) is 14.0. The molecule has 0 aliphatic rings. The topological polar surface area (TPSA) is 78.4 Å². The molecule has 2 aromatic rings. The Morgan fingerprint density at radius 1 is 1.05 bits per heavy atom. The number of benzene rings is 2. The molecule has 0 fully saturated rings. The molecule has 0 saturated heterocycles. The molecule has 0 unspecified atom stereocenters. The third kappa shape index (κ3) is 2.82. The maximum atomic E-state index is 11.0. The molecular formula is C14H14N2O3. The lowest BCUT2D eigenvalue weighted by Gasteiger charge is -2.10. The molecule has 2 N–H and O–H groups in total. The van der Waals surface area contributed by atoms with E-state index in [1.54, 1.807) is 24.3 Å². The summed E-state index contributed by atoms with van der Waals surface area (Å²) in [6, 6.07) is 10.0. The Hall–Kier alpha value is -2.56. The predicted octanol–water partition coefficient (Wildman–Crippen LogP) is 3.59. The van der Waals surface area contributed by atoms with Crippen molar-refractivity contribution in [2.75, 3.05) is 5.73 Å². The van der Waals surface area contributed by atoms with Crippen molar-refractivity contribution in [3.05, 3.63) is 57.6 Å². The summed E-state index contributed by atoms with van der Waals surface area (Å²) in [4.78, 5) is 10.5. The van der Waals surface area contributed by atoms with Crippen LogP contribution in [0, 0.1) is 24.0 Å². The predicted molar refractivity (Wildman–Crippen MR) is 73.5 cm³/mol. The van der Waals surface area contributed by atoms with Crippen LogP contribution in [-0.2, 0) is 0 Å². The summed E-state index contributed by atoms with van der Waals surface area (Å²) in [6.45, 7) is 3.75. The molecule has 0 bridgehead atoms. The summed E-state index contributed by atoms with van der Waals surface area (Å²) in [6.07, 6.45) is 0. The number of aryl methyl sites for hydroxylation is 2. The molecule has 19 heavy (non-hydrogen) atoms. The number of nitro benzene ring substituents is 1. The molecular weight excluding hydrogens is 244 g/mol. The van der Waals surface area contributed by atoms with Gasteiger partial charge in [-0.2, -0.15) is 0 Å². The molecule has 0 aliphatic carbocycles. The fourth-order valence-electron chi connectivity index (χ4n) is 1.73. The molecule has 2 rings (SSSR count). The molecule has 0 heterocycles. The molecule has 2 aromatic carbocycles. The van der Waals surface area contributed by atoms with Crippen LogP contribution >= 0.6 is 0 Å². The van der Waals surface area contributed by atoms with Gasteiger partial charge in [0.25, 0.3) is 0 Å². The lowest BCUT2D eigenvalue weighted by Crippen LogP contribution is -1.97. The first-order valence-corrected chi connectivity index (χ1v) is 5.76. The SMILES string of the molecule is Cc1ccc(Oc2cc(C)ccc2[N+](=O)[O-])c(N)c1. The summed E-state index contributed by atoms with van der Waals surface area (Å²) < 4.78 is 5.57. The lowest BCUT2D eigenvalue weighted by molar-refractivity contribution is -0.385. The molecule has 0 aromatic heterocycles. The van der Waals surface area contributed by atoms with Crippen LogP contribution in [0.3, 0.4) is 0 Å². The van der Waals surface area contributed by atoms with E-state index < -0.39 is 4.92 Å². The van der Waals surface area contributed by atoms with Crippen molar-refractivity contribution in [2.45, 2.75) is 13.8 Å². The molecule has 0 atom stereocenters. The number of nitro groups is 1. The Labute approximate surface area is 110 Å². The second-order valence-electron chi connectivity index (χ2n) is 4.37. The van der Waals surface area contributed by atoms with Crippen LogP contribution in [0.2, 0.25) is 0 Å². The Morgan fingerprint density at radius 3 is 2.32 bits per heavy atom. The highest BCUT2D eigenvalue weighted by Crippen LogP contribution is 2.34. The number of nitrogens with two attached hydrogens (primary N) is 1. The van der Waals surface area contributed by atoms with Crippen molar-refractivity contribution in [1.29, 1.82) is 0 Å². The number of ether oxygens (including phenoxy) is 1. The largest absolute Gasteiger partial charge is 0.448 e. The van der Waals surface area contributed by atoms with Crippen molar-refractivity contribution in [1.82, 2.24) is 0 Å². The van der Waals surface area contributed by atoms with Crippen LogP contribution in [0.25, 0.3) is 0 Å². The van der Waals surface area contributed by atoms with E-state index in [9.17, 15) is 10.1 Å². The van der Waals surface area contributed by atoms with Crippen LogP contribution in [-0.4, -0.2) is 4.92 Å². The molecule has 0 amide bonds. The second-order valence-corrected chi connectivity index (χ2v) is 4.37. The van der Waals surface area contributed by atoms with Gasteiger partial charge in [-0.15, -0.1) is 0 Å². The van der Waals surface area contributed by atoms with Crippen LogP contribution in [0.5, 0.6) is 11.5 Å². The van der Waals surface area contributed by atoms with Gasteiger partial charge in [0.1, 0.15) is 0 Å². The van der Waals surface area contributed by atoms with Gasteiger partial charge in [-0.1, -0.05) is 12.1 Å². The number of anilines is 1. The Kier molecular flexibility index (Phi) is 3.37. The monoisotopic (exact) mass is 258 g/mol. The smallest absolute Gasteiger partial charge is 0.311 e. The summed E-state index contributed by atoms with van der Waals surface area (Å²) in [7, 11) is 0. The van der Waals surface area contributed by atoms with E-state index >= 15 is 0 Å². The quantitative estimate of drug-likeness (QED) is 0.518. The van der Waals surface area contributed by atoms with E-state index in [-0.39, 0.29) is 11.4 Å². The van der Waals surface area contributed by atoms with Gasteiger partial charge in [-0.3, -0.25) is 10.1 Å². The summed E-state index contributed by atoms with van der Waals surface area (Å²) in [5.74, 6) is 0.611. The highest BCUT2D eigenvalue weighted by Gasteiger charge is 2.16. The maximum absolute atomic E-state index is 11.0. The maximum Gasteiger partial charge on any atom is 0.311 e. The molecule has 98 valence electrons. The molecule has 5 nitrogen and oxygen atoms in total. The number of hydrogen-bond acceptors (Lipinski definition) is 4. The van der Waals surface area contributed by atoms with Gasteiger partial charge >= 0.3 is 5.69 Å². The van der Waals surface area contributed by atoms with Crippen molar-refractivity contribution < 1.29 is 9.66 Å². The Balaban J connectivity index is 2.42. The highest BCUT2D eigenvalue weighted by molar-refractivity contribution is 5.58. The Morgan fingerprint density at radius 2 is 1.68 bits per heavy atom. The van der Waals surface area contributed by atoms with Gasteiger partial charge in [0.15, 0.2) is 5.75 Å². The van der Waals surface area contributed by atoms with Crippen molar-refractivity contribution >= 4 is 11.4 Å². The summed E-state index contributed by atoms with van der Waals surface area (Å²) >= 11 is 0. The zero-order valence-corrected chi connectivity index (χ0v) is 10.7. The first kappa shape index (κ1) is 12.9. The fourth-order valence-corrected chi connectivity index (χ4v) is 1.73. The minimum atomic E-state index is -0.473. The van der Waals surface area contributed by atoms with Gasteiger partial charge in [0.2, 0.25) is 5.75 Å². The van der Waals surface area contributed by atoms with E-state index in [1.165, 1.54) is 6.07 Å². The van der Waals surface area contributed by atoms with E-state index in [0.717, 1.165) is 11.1 Å². The highest BCUT2D eigenvalue weighted by atomic mass is 16.6.